The van der Waals surface area contributed by atoms with Crippen LogP contribution in [0.1, 0.15) is 0 Å². The van der Waals surface area contributed by atoms with E-state index >= 15 is 0 Å². The van der Waals surface area contributed by atoms with Gasteiger partial charge in [-0.15, -0.1) is 0 Å². The molecule has 132 valence electrons. The number of carboxylic acid groups (broad SMARTS) is 2. The van der Waals surface area contributed by atoms with Crippen LogP contribution in [0.15, 0.2) is 24.3 Å². The normalized spacial score (nSPS) is 30.5. The predicted octanol–water partition coefficient (Wildman–Crippen LogP) is -1.32. The standard InChI is InChI=1S/C14H16O10/c15-9(16)1-3-11(19)23-7-5-21-14-8(6-22-13(7)14)24-12(20)4-2-10(17)18/h1-4,7-8,11,13-14,19H,5-6H2,(H,15,16)(H,17,18)/b3-1-,4-2-/t7-,8-,11?,13-,14-/m1/s1. The predicted molar refractivity (Wildman–Crippen MR) is 73.8 cm³/mol. The minimum absolute atomic E-state index is 0.0307. The van der Waals surface area contributed by atoms with E-state index in [1.54, 1.807) is 0 Å². The number of hydrogen-bond acceptors (Lipinski definition) is 8. The second-order valence-corrected chi connectivity index (χ2v) is 5.01. The summed E-state index contributed by atoms with van der Waals surface area (Å²) < 4.78 is 21.2. The van der Waals surface area contributed by atoms with E-state index in [2.05, 4.69) is 0 Å². The molecule has 10 heteroatoms. The van der Waals surface area contributed by atoms with Gasteiger partial charge in [-0.2, -0.15) is 0 Å². The Kier molecular flexibility index (Phi) is 6.04. The Bertz CT molecular complexity index is 554. The van der Waals surface area contributed by atoms with Crippen LogP contribution in [0.3, 0.4) is 0 Å². The summed E-state index contributed by atoms with van der Waals surface area (Å²) in [6.45, 7) is 0.0925. The Hall–Kier alpha value is -2.27. The highest BCUT2D eigenvalue weighted by Crippen LogP contribution is 2.31. The summed E-state index contributed by atoms with van der Waals surface area (Å²) in [5.74, 6) is -3.35. The maximum absolute atomic E-state index is 11.5. The molecule has 2 aliphatic heterocycles. The molecule has 24 heavy (non-hydrogen) atoms. The zero-order chi connectivity index (χ0) is 17.7. The monoisotopic (exact) mass is 344 g/mol. The van der Waals surface area contributed by atoms with Gasteiger partial charge in [0.2, 0.25) is 0 Å². The van der Waals surface area contributed by atoms with Crippen LogP contribution in [0.5, 0.6) is 0 Å². The second kappa shape index (κ2) is 8.02. The van der Waals surface area contributed by atoms with Crippen LogP contribution in [-0.2, 0) is 33.3 Å². The van der Waals surface area contributed by atoms with Crippen LogP contribution in [0.2, 0.25) is 0 Å². The third-order valence-corrected chi connectivity index (χ3v) is 3.31. The van der Waals surface area contributed by atoms with Crippen molar-refractivity contribution in [3.63, 3.8) is 0 Å². The van der Waals surface area contributed by atoms with Gasteiger partial charge in [-0.1, -0.05) is 0 Å². The molecule has 2 fully saturated rings. The molecule has 2 rings (SSSR count). The van der Waals surface area contributed by atoms with E-state index < -0.39 is 48.6 Å². The lowest BCUT2D eigenvalue weighted by molar-refractivity contribution is -0.149. The molecule has 0 saturated carbocycles. The number of fused-ring (bicyclic) bond motifs is 1. The van der Waals surface area contributed by atoms with E-state index in [9.17, 15) is 19.5 Å². The summed E-state index contributed by atoms with van der Waals surface area (Å²) in [7, 11) is 0. The van der Waals surface area contributed by atoms with Crippen LogP contribution in [0.4, 0.5) is 0 Å². The third kappa shape index (κ3) is 4.86. The van der Waals surface area contributed by atoms with Crippen molar-refractivity contribution in [3.8, 4) is 0 Å². The zero-order valence-corrected chi connectivity index (χ0v) is 12.3. The van der Waals surface area contributed by atoms with Crippen LogP contribution in [0, 0.1) is 0 Å². The molecule has 1 unspecified atom stereocenters. The Morgan fingerprint density at radius 1 is 0.958 bits per heavy atom. The van der Waals surface area contributed by atoms with Gasteiger partial charge in [-0.25, -0.2) is 14.4 Å². The van der Waals surface area contributed by atoms with Crippen molar-refractivity contribution in [1.82, 2.24) is 0 Å². The first-order chi connectivity index (χ1) is 11.4. The molecule has 2 saturated heterocycles. The van der Waals surface area contributed by atoms with E-state index in [4.69, 9.17) is 29.2 Å². The lowest BCUT2D eigenvalue weighted by Crippen LogP contribution is -2.36. The van der Waals surface area contributed by atoms with Crippen LogP contribution in [0.25, 0.3) is 0 Å². The highest BCUT2D eigenvalue weighted by atomic mass is 16.7. The largest absolute Gasteiger partial charge is 0.478 e. The summed E-state index contributed by atoms with van der Waals surface area (Å²) >= 11 is 0. The number of esters is 1. The second-order valence-electron chi connectivity index (χ2n) is 5.01. The number of aliphatic hydroxyl groups excluding tert-OH is 1. The van der Waals surface area contributed by atoms with Gasteiger partial charge in [-0.05, 0) is 6.08 Å². The Labute approximate surface area is 135 Å². The molecule has 0 aromatic rings. The van der Waals surface area contributed by atoms with Crippen molar-refractivity contribution in [2.75, 3.05) is 13.2 Å². The highest BCUT2D eigenvalue weighted by Gasteiger charge is 2.50. The smallest absolute Gasteiger partial charge is 0.331 e. The van der Waals surface area contributed by atoms with Crippen LogP contribution in [-0.4, -0.2) is 77.1 Å². The van der Waals surface area contributed by atoms with Crippen LogP contribution < -0.4 is 0 Å². The molecular weight excluding hydrogens is 328 g/mol. The zero-order valence-electron chi connectivity index (χ0n) is 12.3. The Morgan fingerprint density at radius 2 is 1.54 bits per heavy atom. The summed E-state index contributed by atoms with van der Waals surface area (Å²) in [6, 6.07) is 0. The molecule has 5 atom stereocenters. The number of ether oxygens (including phenoxy) is 4. The van der Waals surface area contributed by atoms with Crippen molar-refractivity contribution >= 4 is 17.9 Å². The number of rotatable bonds is 7. The first kappa shape index (κ1) is 18.1. The van der Waals surface area contributed by atoms with Crippen molar-refractivity contribution in [2.24, 2.45) is 0 Å². The van der Waals surface area contributed by atoms with Gasteiger partial charge in [0, 0.05) is 18.2 Å². The van der Waals surface area contributed by atoms with E-state index in [0.29, 0.717) is 6.08 Å². The third-order valence-electron chi connectivity index (χ3n) is 3.31. The lowest BCUT2D eigenvalue weighted by Gasteiger charge is -2.18. The first-order valence-corrected chi connectivity index (χ1v) is 6.96. The van der Waals surface area contributed by atoms with Crippen molar-refractivity contribution < 1.29 is 48.7 Å². The van der Waals surface area contributed by atoms with Gasteiger partial charge < -0.3 is 34.3 Å². The van der Waals surface area contributed by atoms with Gasteiger partial charge >= 0.3 is 17.9 Å². The number of carboxylic acids is 2. The van der Waals surface area contributed by atoms with Gasteiger partial charge in [0.15, 0.2) is 12.4 Å². The van der Waals surface area contributed by atoms with E-state index in [1.807, 2.05) is 0 Å². The average Bonchev–Trinajstić information content (AvgIpc) is 3.07. The SMILES string of the molecule is O=C(O)/C=C\C(=O)O[C@@H]1CO[C@H]2[C@@H]1OC[C@H]2OC(O)/C=C\C(=O)O. The fourth-order valence-corrected chi connectivity index (χ4v) is 2.36. The van der Waals surface area contributed by atoms with Crippen molar-refractivity contribution in [3.05, 3.63) is 24.3 Å². The first-order valence-electron chi connectivity index (χ1n) is 6.96. The number of carbonyl (C=O) groups is 3. The number of aliphatic hydroxyl groups is 1. The lowest BCUT2D eigenvalue weighted by atomic mass is 10.1. The maximum atomic E-state index is 11.5. The Morgan fingerprint density at radius 3 is 2.17 bits per heavy atom. The van der Waals surface area contributed by atoms with Gasteiger partial charge in [0.25, 0.3) is 0 Å². The van der Waals surface area contributed by atoms with E-state index in [-0.39, 0.29) is 13.2 Å². The molecule has 0 aliphatic carbocycles. The highest BCUT2D eigenvalue weighted by molar-refractivity contribution is 5.90. The molecule has 0 spiro atoms. The quantitative estimate of drug-likeness (QED) is 0.288. The molecular formula is C14H16O10. The topological polar surface area (TPSA) is 149 Å². The van der Waals surface area contributed by atoms with Crippen molar-refractivity contribution in [1.29, 1.82) is 0 Å². The van der Waals surface area contributed by atoms with Crippen LogP contribution >= 0.6 is 0 Å². The molecule has 0 aromatic heterocycles. The molecule has 2 aliphatic rings. The summed E-state index contributed by atoms with van der Waals surface area (Å²) in [5.41, 5.74) is 0. The Balaban J connectivity index is 1.86. The minimum atomic E-state index is -1.45. The minimum Gasteiger partial charge on any atom is -0.478 e. The molecule has 2 heterocycles. The maximum Gasteiger partial charge on any atom is 0.331 e. The van der Waals surface area contributed by atoms with Gasteiger partial charge in [0.05, 0.1) is 13.2 Å². The number of carbonyl (C=O) groups excluding carboxylic acids is 1. The van der Waals surface area contributed by atoms with E-state index in [1.165, 1.54) is 0 Å². The van der Waals surface area contributed by atoms with Crippen molar-refractivity contribution in [2.45, 2.75) is 30.7 Å². The number of aliphatic carboxylic acids is 2. The summed E-state index contributed by atoms with van der Waals surface area (Å²) in [6.07, 6.45) is -0.931. The molecule has 0 aromatic carbocycles. The van der Waals surface area contributed by atoms with E-state index in [0.717, 1.165) is 18.2 Å². The van der Waals surface area contributed by atoms with Gasteiger partial charge in [0.1, 0.15) is 18.3 Å². The fourth-order valence-electron chi connectivity index (χ4n) is 2.36. The fraction of sp³-hybridized carbons (Fsp3) is 0.500. The molecule has 0 bridgehead atoms. The molecule has 0 amide bonds. The molecule has 3 N–H and O–H groups in total. The summed E-state index contributed by atoms with van der Waals surface area (Å²) in [5, 5.41) is 26.5. The molecule has 10 nitrogen and oxygen atoms in total. The summed E-state index contributed by atoms with van der Waals surface area (Å²) in [4.78, 5) is 32.2. The van der Waals surface area contributed by atoms with Gasteiger partial charge in [-0.3, -0.25) is 0 Å². The average molecular weight is 344 g/mol. The molecule has 0 radical (unpaired) electrons. The number of hydrogen-bond donors (Lipinski definition) is 3.